The van der Waals surface area contributed by atoms with Crippen LogP contribution in [0.2, 0.25) is 0 Å². The molecule has 8 nitrogen and oxygen atoms in total. The van der Waals surface area contributed by atoms with Crippen molar-refractivity contribution < 1.29 is 14.4 Å². The van der Waals surface area contributed by atoms with Crippen molar-refractivity contribution in [3.63, 3.8) is 0 Å². The molecule has 0 radical (unpaired) electrons. The van der Waals surface area contributed by atoms with E-state index in [-0.39, 0.29) is 17.0 Å². The molecule has 1 aromatic carbocycles. The summed E-state index contributed by atoms with van der Waals surface area (Å²) in [4.78, 5) is 30.6. The molecule has 2 aliphatic heterocycles. The van der Waals surface area contributed by atoms with Gasteiger partial charge in [0, 0.05) is 37.3 Å². The van der Waals surface area contributed by atoms with Gasteiger partial charge in [-0.25, -0.2) is 4.79 Å². The number of rotatable bonds is 4. The van der Waals surface area contributed by atoms with Crippen LogP contribution in [0.3, 0.4) is 0 Å². The number of nitrogens with zero attached hydrogens (tertiary/aromatic N) is 4. The number of aromatic nitrogens is 3. The van der Waals surface area contributed by atoms with E-state index in [9.17, 15) is 9.59 Å². The van der Waals surface area contributed by atoms with E-state index < -0.39 is 5.97 Å². The minimum absolute atomic E-state index is 0.000451. The normalized spacial score (nSPS) is 20.7. The predicted octanol–water partition coefficient (Wildman–Crippen LogP) is 2.52. The van der Waals surface area contributed by atoms with Gasteiger partial charge in [-0.3, -0.25) is 9.69 Å². The molecule has 2 atom stereocenters. The molecule has 0 unspecified atom stereocenters. The average molecular weight is 406 g/mol. The number of hydrogen-bond acceptors (Lipinski definition) is 6. The molecule has 5 rings (SSSR count). The Bertz CT molecular complexity index is 1160. The second-order valence-electron chi connectivity index (χ2n) is 8.23. The maximum atomic E-state index is 12.9. The molecule has 0 aliphatic carbocycles. The Hall–Kier alpha value is -3.26. The van der Waals surface area contributed by atoms with Crippen LogP contribution in [0.4, 0.5) is 0 Å². The van der Waals surface area contributed by atoms with Gasteiger partial charge in [0.05, 0.1) is 12.1 Å². The van der Waals surface area contributed by atoms with Gasteiger partial charge in [0.25, 0.3) is 5.56 Å². The van der Waals surface area contributed by atoms with Crippen LogP contribution < -0.4 is 5.56 Å². The summed E-state index contributed by atoms with van der Waals surface area (Å²) in [6.45, 7) is 4.88. The van der Waals surface area contributed by atoms with Gasteiger partial charge < -0.3 is 14.2 Å². The van der Waals surface area contributed by atoms with Gasteiger partial charge in [0.15, 0.2) is 5.82 Å². The Morgan fingerprint density at radius 1 is 1.17 bits per heavy atom. The molecular weight excluding hydrogens is 384 g/mol. The zero-order valence-electron chi connectivity index (χ0n) is 16.6. The number of carboxylic acid groups (broad SMARTS) is 1. The summed E-state index contributed by atoms with van der Waals surface area (Å²) in [6, 6.07) is 10.4. The van der Waals surface area contributed by atoms with Crippen LogP contribution in [0.25, 0.3) is 11.1 Å². The summed E-state index contributed by atoms with van der Waals surface area (Å²) in [5, 5.41) is 13.0. The molecule has 0 saturated carbocycles. The van der Waals surface area contributed by atoms with Crippen molar-refractivity contribution in [3.8, 4) is 11.1 Å². The van der Waals surface area contributed by atoms with Crippen molar-refractivity contribution >= 4 is 5.97 Å². The Labute approximate surface area is 172 Å². The van der Waals surface area contributed by atoms with Gasteiger partial charge >= 0.3 is 5.97 Å². The number of aromatic carboxylic acids is 1. The largest absolute Gasteiger partial charge is 0.478 e. The fraction of sp³-hybridized carbons (Fsp3) is 0.364. The highest BCUT2D eigenvalue weighted by atomic mass is 16.5. The Kier molecular flexibility index (Phi) is 4.51. The summed E-state index contributed by atoms with van der Waals surface area (Å²) in [7, 11) is 0. The number of carboxylic acids is 1. The molecule has 2 bridgehead atoms. The Morgan fingerprint density at radius 3 is 2.67 bits per heavy atom. The van der Waals surface area contributed by atoms with Crippen molar-refractivity contribution in [1.82, 2.24) is 19.6 Å². The summed E-state index contributed by atoms with van der Waals surface area (Å²) in [5.74, 6) is 0.970. The SMILES string of the molecule is Cc1noc(CN2C[C@@H]3C[C@H](C2)c2cc(-c4ccc(C(=O)O)cc4)cc(=O)n2C3)n1. The van der Waals surface area contributed by atoms with E-state index in [0.29, 0.717) is 30.7 Å². The van der Waals surface area contributed by atoms with E-state index in [1.165, 1.54) is 0 Å². The smallest absolute Gasteiger partial charge is 0.335 e. The van der Waals surface area contributed by atoms with Crippen LogP contribution in [0.1, 0.15) is 40.1 Å². The van der Waals surface area contributed by atoms with Crippen LogP contribution in [0.5, 0.6) is 0 Å². The maximum Gasteiger partial charge on any atom is 0.335 e. The van der Waals surface area contributed by atoms with E-state index in [2.05, 4.69) is 21.1 Å². The van der Waals surface area contributed by atoms with Crippen molar-refractivity contribution in [1.29, 1.82) is 0 Å². The minimum Gasteiger partial charge on any atom is -0.478 e. The first-order valence-electron chi connectivity index (χ1n) is 10.1. The fourth-order valence-electron chi connectivity index (χ4n) is 4.75. The molecule has 30 heavy (non-hydrogen) atoms. The van der Waals surface area contributed by atoms with Gasteiger partial charge in [0.1, 0.15) is 0 Å². The van der Waals surface area contributed by atoms with Crippen molar-refractivity contribution in [2.24, 2.45) is 5.92 Å². The molecule has 2 aromatic heterocycles. The van der Waals surface area contributed by atoms with Gasteiger partial charge in [-0.2, -0.15) is 4.98 Å². The topological polar surface area (TPSA) is 101 Å². The average Bonchev–Trinajstić information content (AvgIpc) is 3.13. The summed E-state index contributed by atoms with van der Waals surface area (Å²) in [5.41, 5.74) is 2.95. The predicted molar refractivity (Wildman–Crippen MR) is 108 cm³/mol. The zero-order valence-corrected chi connectivity index (χ0v) is 16.6. The fourth-order valence-corrected chi connectivity index (χ4v) is 4.75. The first kappa shape index (κ1) is 18.7. The van der Waals surface area contributed by atoms with Crippen LogP contribution in [0, 0.1) is 12.8 Å². The molecule has 4 heterocycles. The minimum atomic E-state index is -0.961. The number of pyridine rings is 1. The summed E-state index contributed by atoms with van der Waals surface area (Å²) in [6.07, 6.45) is 1.06. The Morgan fingerprint density at radius 2 is 1.97 bits per heavy atom. The summed E-state index contributed by atoms with van der Waals surface area (Å²) >= 11 is 0. The quantitative estimate of drug-likeness (QED) is 0.710. The molecule has 154 valence electrons. The number of hydrogen-bond donors (Lipinski definition) is 1. The molecule has 1 saturated heterocycles. The number of carbonyl (C=O) groups is 1. The number of aryl methyl sites for hydroxylation is 1. The van der Waals surface area contributed by atoms with E-state index in [4.69, 9.17) is 9.63 Å². The molecule has 8 heteroatoms. The first-order valence-corrected chi connectivity index (χ1v) is 10.1. The van der Waals surface area contributed by atoms with E-state index in [1.54, 1.807) is 30.3 Å². The number of fused-ring (bicyclic) bond motifs is 4. The van der Waals surface area contributed by atoms with E-state index in [1.807, 2.05) is 11.5 Å². The third-order valence-corrected chi connectivity index (χ3v) is 6.03. The number of benzene rings is 1. The van der Waals surface area contributed by atoms with E-state index >= 15 is 0 Å². The highest BCUT2D eigenvalue weighted by Crippen LogP contribution is 2.37. The van der Waals surface area contributed by atoms with Gasteiger partial charge in [-0.1, -0.05) is 17.3 Å². The van der Waals surface area contributed by atoms with Gasteiger partial charge in [-0.15, -0.1) is 0 Å². The van der Waals surface area contributed by atoms with Gasteiger partial charge in [-0.05, 0) is 48.6 Å². The van der Waals surface area contributed by atoms with Crippen molar-refractivity contribution in [2.75, 3.05) is 13.1 Å². The highest BCUT2D eigenvalue weighted by Gasteiger charge is 2.35. The molecule has 0 amide bonds. The lowest BCUT2D eigenvalue weighted by molar-refractivity contribution is 0.0697. The molecule has 2 aliphatic rings. The van der Waals surface area contributed by atoms with Crippen LogP contribution in [-0.4, -0.2) is 43.8 Å². The second-order valence-corrected chi connectivity index (χ2v) is 8.23. The van der Waals surface area contributed by atoms with Crippen LogP contribution >= 0.6 is 0 Å². The molecule has 3 aromatic rings. The third-order valence-electron chi connectivity index (χ3n) is 6.03. The zero-order chi connectivity index (χ0) is 20.8. The monoisotopic (exact) mass is 406 g/mol. The molecule has 1 fully saturated rings. The van der Waals surface area contributed by atoms with Crippen LogP contribution in [0.15, 0.2) is 45.7 Å². The van der Waals surface area contributed by atoms with Gasteiger partial charge in [0.2, 0.25) is 5.89 Å². The lowest BCUT2D eigenvalue weighted by atomic mass is 9.82. The van der Waals surface area contributed by atoms with Crippen molar-refractivity contribution in [3.05, 3.63) is 69.7 Å². The molecule has 1 N–H and O–H groups in total. The summed E-state index contributed by atoms with van der Waals surface area (Å²) < 4.78 is 7.19. The number of piperidine rings is 1. The first-order chi connectivity index (χ1) is 14.5. The van der Waals surface area contributed by atoms with Crippen molar-refractivity contribution in [2.45, 2.75) is 32.4 Å². The second kappa shape index (κ2) is 7.21. The standard InChI is InChI=1S/C22H22N4O4/c1-13-23-20(30-24-13)12-25-9-14-6-18(11-25)19-7-17(8-21(27)26(19)10-14)15-2-4-16(5-3-15)22(28)29/h2-5,7-8,14,18H,6,9-12H2,1H3,(H,28,29)/t14-,18+/m0/s1. The third kappa shape index (κ3) is 3.43. The number of likely N-dealkylation sites (tertiary alicyclic amines) is 1. The lowest BCUT2D eigenvalue weighted by Gasteiger charge is -2.42. The lowest BCUT2D eigenvalue weighted by Crippen LogP contribution is -2.46. The Balaban J connectivity index is 1.44. The molecular formula is C22H22N4O4. The molecule has 0 spiro atoms. The maximum absolute atomic E-state index is 12.9. The highest BCUT2D eigenvalue weighted by molar-refractivity contribution is 5.88. The van der Waals surface area contributed by atoms with E-state index in [0.717, 1.165) is 36.3 Å². The van der Waals surface area contributed by atoms with Crippen LogP contribution in [-0.2, 0) is 13.1 Å².